The van der Waals surface area contributed by atoms with E-state index in [0.717, 1.165) is 69.7 Å². The topological polar surface area (TPSA) is 101 Å². The zero-order valence-electron chi connectivity index (χ0n) is 26.7. The van der Waals surface area contributed by atoms with Gasteiger partial charge in [-0.2, -0.15) is 10.2 Å². The molecule has 10 heteroatoms. The monoisotopic (exact) mass is 774 g/mol. The van der Waals surface area contributed by atoms with Crippen LogP contribution in [0.3, 0.4) is 0 Å². The lowest BCUT2D eigenvalue weighted by molar-refractivity contribution is -0.122. The quantitative estimate of drug-likeness (QED) is 0.0564. The molecule has 0 spiro atoms. The molecule has 0 heterocycles. The molecule has 0 saturated carbocycles. The van der Waals surface area contributed by atoms with E-state index < -0.39 is 0 Å². The molecule has 4 aromatic carbocycles. The predicted molar refractivity (Wildman–Crippen MR) is 198 cm³/mol. The van der Waals surface area contributed by atoms with E-state index >= 15 is 0 Å². The van der Waals surface area contributed by atoms with Gasteiger partial charge in [-0.1, -0.05) is 118 Å². The Bertz CT molecular complexity index is 1530. The summed E-state index contributed by atoms with van der Waals surface area (Å²) in [6.07, 6.45) is 9.48. The van der Waals surface area contributed by atoms with Crippen molar-refractivity contribution in [2.24, 2.45) is 10.2 Å². The summed E-state index contributed by atoms with van der Waals surface area (Å²) in [7, 11) is 0. The smallest absolute Gasteiger partial charge is 0.240 e. The summed E-state index contributed by atoms with van der Waals surface area (Å²) >= 11 is 6.96. The first-order chi connectivity index (χ1) is 23.5. The SMILES string of the molecule is O=C(CCCCCCCCC(=O)NN=Cc1cc(Br)ccc1OCc1ccccc1)NN=Cc1cc(Br)ccc1OCc1ccccc1. The van der Waals surface area contributed by atoms with E-state index in [1.54, 1.807) is 12.4 Å². The Morgan fingerprint density at radius 2 is 0.958 bits per heavy atom. The minimum atomic E-state index is -0.122. The molecule has 0 unspecified atom stereocenters. The molecule has 4 aromatic rings. The van der Waals surface area contributed by atoms with Crippen molar-refractivity contribution in [1.82, 2.24) is 10.9 Å². The second-order valence-electron chi connectivity index (χ2n) is 11.1. The van der Waals surface area contributed by atoms with Crippen molar-refractivity contribution >= 4 is 56.1 Å². The lowest BCUT2D eigenvalue weighted by Crippen LogP contribution is -2.17. The molecule has 48 heavy (non-hydrogen) atoms. The molecule has 0 saturated heterocycles. The van der Waals surface area contributed by atoms with Gasteiger partial charge in [0.1, 0.15) is 24.7 Å². The van der Waals surface area contributed by atoms with E-state index in [2.05, 4.69) is 52.9 Å². The standard InChI is InChI=1S/C38H40Br2N4O4/c39-33-19-21-35(47-27-29-13-7-5-8-14-29)31(23-33)25-41-43-37(45)17-11-3-1-2-4-12-18-38(46)44-42-26-32-24-34(40)20-22-36(32)48-28-30-15-9-6-10-16-30/h5-10,13-16,19-26H,1-4,11-12,17-18,27-28H2,(H,43,45)(H,44,46). The molecule has 2 amide bonds. The zero-order valence-corrected chi connectivity index (χ0v) is 29.9. The molecular weight excluding hydrogens is 736 g/mol. The number of carbonyl (C=O) groups excluding carboxylic acids is 2. The van der Waals surface area contributed by atoms with Crippen LogP contribution in [0.15, 0.2) is 116 Å². The minimum Gasteiger partial charge on any atom is -0.488 e. The van der Waals surface area contributed by atoms with E-state index in [1.165, 1.54) is 0 Å². The molecule has 4 rings (SSSR count). The van der Waals surface area contributed by atoms with Gasteiger partial charge in [-0.25, -0.2) is 10.9 Å². The third kappa shape index (κ3) is 13.8. The fourth-order valence-electron chi connectivity index (χ4n) is 4.71. The number of benzene rings is 4. The van der Waals surface area contributed by atoms with Crippen LogP contribution in [-0.4, -0.2) is 24.2 Å². The number of rotatable bonds is 19. The van der Waals surface area contributed by atoms with Gasteiger partial charge in [0.25, 0.3) is 0 Å². The number of nitrogens with zero attached hydrogens (tertiary/aromatic N) is 2. The fourth-order valence-corrected chi connectivity index (χ4v) is 5.47. The Balaban J connectivity index is 1.06. The molecule has 0 aliphatic carbocycles. The van der Waals surface area contributed by atoms with Crippen LogP contribution >= 0.6 is 31.9 Å². The van der Waals surface area contributed by atoms with Gasteiger partial charge in [0.05, 0.1) is 12.4 Å². The lowest BCUT2D eigenvalue weighted by Gasteiger charge is -2.09. The van der Waals surface area contributed by atoms with Crippen LogP contribution in [0.5, 0.6) is 11.5 Å². The highest BCUT2D eigenvalue weighted by molar-refractivity contribution is 9.10. The number of amides is 2. The highest BCUT2D eigenvalue weighted by atomic mass is 79.9. The van der Waals surface area contributed by atoms with Gasteiger partial charge in [0.15, 0.2) is 0 Å². The number of carbonyl (C=O) groups is 2. The number of nitrogens with one attached hydrogen (secondary N) is 2. The summed E-state index contributed by atoms with van der Waals surface area (Å²) < 4.78 is 13.7. The normalized spacial score (nSPS) is 11.1. The van der Waals surface area contributed by atoms with Crippen LogP contribution in [-0.2, 0) is 22.8 Å². The number of hydrogen-bond acceptors (Lipinski definition) is 6. The Morgan fingerprint density at radius 3 is 1.38 bits per heavy atom. The lowest BCUT2D eigenvalue weighted by atomic mass is 10.1. The molecule has 0 radical (unpaired) electrons. The van der Waals surface area contributed by atoms with Gasteiger partial charge in [-0.05, 0) is 60.4 Å². The first-order valence-electron chi connectivity index (χ1n) is 16.0. The summed E-state index contributed by atoms with van der Waals surface area (Å²) in [5, 5.41) is 8.28. The maximum Gasteiger partial charge on any atom is 0.240 e. The summed E-state index contributed by atoms with van der Waals surface area (Å²) in [4.78, 5) is 24.6. The largest absolute Gasteiger partial charge is 0.488 e. The number of hydrogen-bond donors (Lipinski definition) is 2. The van der Waals surface area contributed by atoms with Gasteiger partial charge < -0.3 is 9.47 Å². The summed E-state index contributed by atoms with van der Waals surface area (Å²) in [5.41, 5.74) is 8.91. The highest BCUT2D eigenvalue weighted by Gasteiger charge is 2.07. The molecule has 250 valence electrons. The number of hydrazone groups is 2. The van der Waals surface area contributed by atoms with Gasteiger partial charge in [0.2, 0.25) is 11.8 Å². The van der Waals surface area contributed by atoms with E-state index in [9.17, 15) is 9.59 Å². The molecule has 0 fully saturated rings. The van der Waals surface area contributed by atoms with Crippen molar-refractivity contribution in [1.29, 1.82) is 0 Å². The minimum absolute atomic E-state index is 0.122. The van der Waals surface area contributed by atoms with Crippen LogP contribution < -0.4 is 20.3 Å². The van der Waals surface area contributed by atoms with Crippen LogP contribution in [0.1, 0.15) is 73.6 Å². The molecule has 0 bridgehead atoms. The van der Waals surface area contributed by atoms with E-state index in [4.69, 9.17) is 9.47 Å². The van der Waals surface area contributed by atoms with Crippen LogP contribution in [0.4, 0.5) is 0 Å². The molecule has 0 aromatic heterocycles. The maximum atomic E-state index is 12.3. The Kier molecular flexibility index (Phi) is 15.9. The first-order valence-corrected chi connectivity index (χ1v) is 17.6. The van der Waals surface area contributed by atoms with E-state index in [1.807, 2.05) is 97.1 Å². The molecule has 2 N–H and O–H groups in total. The van der Waals surface area contributed by atoms with E-state index in [0.29, 0.717) is 37.6 Å². The molecule has 0 aliphatic heterocycles. The first kappa shape index (κ1) is 36.6. The van der Waals surface area contributed by atoms with Gasteiger partial charge in [0, 0.05) is 32.9 Å². The molecule has 0 atom stereocenters. The van der Waals surface area contributed by atoms with Crippen LogP contribution in [0, 0.1) is 0 Å². The Labute approximate surface area is 299 Å². The average molecular weight is 777 g/mol. The number of unbranched alkanes of at least 4 members (excludes halogenated alkanes) is 5. The third-order valence-electron chi connectivity index (χ3n) is 7.26. The van der Waals surface area contributed by atoms with Crippen molar-refractivity contribution in [3.8, 4) is 11.5 Å². The van der Waals surface area contributed by atoms with Gasteiger partial charge in [-0.3, -0.25) is 9.59 Å². The van der Waals surface area contributed by atoms with Crippen molar-refractivity contribution in [3.05, 3.63) is 128 Å². The second kappa shape index (κ2) is 20.8. The zero-order chi connectivity index (χ0) is 33.8. The maximum absolute atomic E-state index is 12.3. The van der Waals surface area contributed by atoms with Gasteiger partial charge >= 0.3 is 0 Å². The predicted octanol–water partition coefficient (Wildman–Crippen LogP) is 9.09. The summed E-state index contributed by atoms with van der Waals surface area (Å²) in [6, 6.07) is 31.2. The average Bonchev–Trinajstić information content (AvgIpc) is 3.09. The molecular formula is C38H40Br2N4O4. The van der Waals surface area contributed by atoms with Crippen molar-refractivity contribution in [2.75, 3.05) is 0 Å². The van der Waals surface area contributed by atoms with E-state index in [-0.39, 0.29) is 11.8 Å². The highest BCUT2D eigenvalue weighted by Crippen LogP contribution is 2.24. The van der Waals surface area contributed by atoms with Crippen molar-refractivity contribution < 1.29 is 19.1 Å². The second-order valence-corrected chi connectivity index (χ2v) is 13.0. The Morgan fingerprint density at radius 1 is 0.562 bits per heavy atom. The van der Waals surface area contributed by atoms with Gasteiger partial charge in [-0.15, -0.1) is 0 Å². The van der Waals surface area contributed by atoms with Crippen molar-refractivity contribution in [3.63, 3.8) is 0 Å². The third-order valence-corrected chi connectivity index (χ3v) is 8.25. The summed E-state index contributed by atoms with van der Waals surface area (Å²) in [5.74, 6) is 1.13. The summed E-state index contributed by atoms with van der Waals surface area (Å²) in [6.45, 7) is 0.884. The fraction of sp³-hybridized carbons (Fsp3) is 0.263. The van der Waals surface area contributed by atoms with Crippen LogP contribution in [0.25, 0.3) is 0 Å². The van der Waals surface area contributed by atoms with Crippen LogP contribution in [0.2, 0.25) is 0 Å². The number of ether oxygens (including phenoxy) is 2. The number of halogens is 2. The van der Waals surface area contributed by atoms with Crippen molar-refractivity contribution in [2.45, 2.75) is 64.6 Å². The molecule has 8 nitrogen and oxygen atoms in total. The molecule has 0 aliphatic rings. The Hall–Kier alpha value is -4.28.